The number of aromatic nitrogens is 2. The molecule has 0 atom stereocenters. The van der Waals surface area contributed by atoms with Crippen molar-refractivity contribution in [1.29, 1.82) is 0 Å². The van der Waals surface area contributed by atoms with Gasteiger partial charge in [-0.1, -0.05) is 0 Å². The Morgan fingerprint density at radius 1 is 1.22 bits per heavy atom. The van der Waals surface area contributed by atoms with Gasteiger partial charge in [-0.2, -0.15) is 0 Å². The van der Waals surface area contributed by atoms with Crippen molar-refractivity contribution in [3.63, 3.8) is 0 Å². The third-order valence-corrected chi connectivity index (χ3v) is 4.99. The van der Waals surface area contributed by atoms with E-state index in [4.69, 9.17) is 0 Å². The minimum absolute atomic E-state index is 0.0983. The first kappa shape index (κ1) is 14.5. The van der Waals surface area contributed by atoms with Crippen LogP contribution in [0.4, 0.5) is 17.3 Å². The zero-order valence-corrected chi connectivity index (χ0v) is 14.1. The van der Waals surface area contributed by atoms with Crippen LogP contribution in [0, 0.1) is 0 Å². The summed E-state index contributed by atoms with van der Waals surface area (Å²) in [5.41, 5.74) is 2.62. The fourth-order valence-corrected chi connectivity index (χ4v) is 3.83. The second-order valence-electron chi connectivity index (χ2n) is 6.23. The minimum atomic E-state index is -0.0983. The molecule has 0 spiro atoms. The number of nitrogens with zero attached hydrogens (tertiary/aromatic N) is 3. The molecule has 23 heavy (non-hydrogen) atoms. The van der Waals surface area contributed by atoms with Crippen LogP contribution in [-0.4, -0.2) is 34.4 Å². The topological polar surface area (TPSA) is 58.1 Å². The number of pyridine rings is 2. The van der Waals surface area contributed by atoms with Crippen LogP contribution >= 0.6 is 0 Å². The van der Waals surface area contributed by atoms with Gasteiger partial charge in [-0.15, -0.1) is 0 Å². The molecule has 1 N–H and O–H groups in total. The molecule has 0 radical (unpaired) electrons. The molecule has 2 aliphatic rings. The van der Waals surface area contributed by atoms with E-state index < -0.39 is 0 Å². The first-order valence-electron chi connectivity index (χ1n) is 7.73. The molecule has 1 aliphatic carbocycles. The molecule has 2 aromatic heterocycles. The lowest BCUT2D eigenvalue weighted by atomic mass is 10.2. The lowest BCUT2D eigenvalue weighted by molar-refractivity contribution is 0.102. The van der Waals surface area contributed by atoms with Gasteiger partial charge in [0.25, 0.3) is 5.91 Å². The van der Waals surface area contributed by atoms with E-state index in [0.717, 1.165) is 41.5 Å². The Bertz CT molecular complexity index is 773. The molecule has 3 heterocycles. The van der Waals surface area contributed by atoms with Crippen LogP contribution in [0.2, 0.25) is 0 Å². The van der Waals surface area contributed by atoms with Crippen molar-refractivity contribution in [2.24, 2.45) is 0 Å². The molecule has 4 rings (SSSR count). The number of fused-ring (bicyclic) bond motifs is 2. The third-order valence-electron chi connectivity index (χ3n) is 4.10. The van der Waals surface area contributed by atoms with Gasteiger partial charge in [-0.05, 0) is 41.9 Å². The predicted octanol–water partition coefficient (Wildman–Crippen LogP) is 2.72. The van der Waals surface area contributed by atoms with Crippen LogP contribution in [0.1, 0.15) is 28.8 Å². The number of anilines is 3. The summed E-state index contributed by atoms with van der Waals surface area (Å²) in [6.07, 6.45) is 10.2. The van der Waals surface area contributed by atoms with E-state index in [0.29, 0.717) is 11.6 Å². The van der Waals surface area contributed by atoms with Crippen LogP contribution < -0.4 is 10.2 Å². The average Bonchev–Trinajstić information content (AvgIpc) is 3.35. The molecule has 0 unspecified atom stereocenters. The maximum atomic E-state index is 12.7. The van der Waals surface area contributed by atoms with Crippen LogP contribution in [-0.2, 0) is 16.6 Å². The predicted molar refractivity (Wildman–Crippen MR) is 94.5 cm³/mol. The van der Waals surface area contributed by atoms with Crippen molar-refractivity contribution in [1.82, 2.24) is 9.97 Å². The van der Waals surface area contributed by atoms with Crippen molar-refractivity contribution in [2.45, 2.75) is 24.6 Å². The molecule has 1 saturated carbocycles. The Morgan fingerprint density at radius 2 is 2.00 bits per heavy atom. The van der Waals surface area contributed by atoms with Crippen LogP contribution in [0.5, 0.6) is 0 Å². The average molecular weight is 327 g/mol. The van der Waals surface area contributed by atoms with E-state index >= 15 is 0 Å². The van der Waals surface area contributed by atoms with Gasteiger partial charge in [0.05, 0.1) is 23.8 Å². The second kappa shape index (κ2) is 5.53. The van der Waals surface area contributed by atoms with Crippen molar-refractivity contribution in [3.05, 3.63) is 41.7 Å². The first-order chi connectivity index (χ1) is 11.1. The number of hydrogen-bond donors (Lipinski definition) is 1. The van der Waals surface area contributed by atoms with Gasteiger partial charge in [0.1, 0.15) is 11.6 Å². The van der Waals surface area contributed by atoms with Gasteiger partial charge in [-0.25, -0.2) is 9.97 Å². The molecular weight excluding hydrogens is 308 g/mol. The number of carbonyl (C=O) groups is 1. The summed E-state index contributed by atoms with van der Waals surface area (Å²) in [6, 6.07) is 6.05. The van der Waals surface area contributed by atoms with Gasteiger partial charge in [0.15, 0.2) is 5.82 Å². The van der Waals surface area contributed by atoms with Gasteiger partial charge < -0.3 is 10.2 Å². The normalized spacial score (nSPS) is 16.7. The summed E-state index contributed by atoms with van der Waals surface area (Å²) < 4.78 is 0. The molecule has 0 bridgehead atoms. The zero-order chi connectivity index (χ0) is 16.0. The number of rotatable bonds is 3. The summed E-state index contributed by atoms with van der Waals surface area (Å²) >= 11 is 0. The minimum Gasteiger partial charge on any atom is -0.318 e. The standard InChI is InChI=1S/C17H18N4OS/c1-23(2)10-11-7-9-19-16-14(11)20-17(22)13-4-3-8-18-15(13)21(16)12-5-6-12/h3-4,7-9,12H,5-6,10H2,1-2H3/p+1. The Kier molecular flexibility index (Phi) is 3.49. The fourth-order valence-electron chi connectivity index (χ4n) is 2.97. The summed E-state index contributed by atoms with van der Waals surface area (Å²) in [6.45, 7) is 0. The highest BCUT2D eigenvalue weighted by Gasteiger charge is 2.38. The van der Waals surface area contributed by atoms with E-state index in [1.807, 2.05) is 24.4 Å². The van der Waals surface area contributed by atoms with Crippen molar-refractivity contribution < 1.29 is 4.79 Å². The maximum Gasteiger partial charge on any atom is 0.259 e. The van der Waals surface area contributed by atoms with E-state index in [-0.39, 0.29) is 16.8 Å². The van der Waals surface area contributed by atoms with Crippen LogP contribution in [0.15, 0.2) is 30.6 Å². The van der Waals surface area contributed by atoms with Gasteiger partial charge >= 0.3 is 0 Å². The fraction of sp³-hybridized carbons (Fsp3) is 0.353. The molecule has 5 nitrogen and oxygen atoms in total. The van der Waals surface area contributed by atoms with Crippen molar-refractivity contribution >= 4 is 34.1 Å². The molecule has 2 aromatic rings. The summed E-state index contributed by atoms with van der Waals surface area (Å²) in [5, 5.41) is 3.09. The van der Waals surface area contributed by atoms with Crippen molar-refractivity contribution in [3.8, 4) is 0 Å². The molecule has 1 amide bonds. The Balaban J connectivity index is 1.91. The smallest absolute Gasteiger partial charge is 0.259 e. The van der Waals surface area contributed by atoms with Crippen LogP contribution in [0.3, 0.4) is 0 Å². The summed E-state index contributed by atoms with van der Waals surface area (Å²) in [7, 11) is 0.249. The zero-order valence-electron chi connectivity index (χ0n) is 13.2. The van der Waals surface area contributed by atoms with Gasteiger partial charge in [0.2, 0.25) is 0 Å². The van der Waals surface area contributed by atoms with E-state index in [1.54, 1.807) is 6.20 Å². The van der Waals surface area contributed by atoms with E-state index in [1.165, 1.54) is 0 Å². The third kappa shape index (κ3) is 2.57. The summed E-state index contributed by atoms with van der Waals surface area (Å²) in [4.78, 5) is 23.9. The highest BCUT2D eigenvalue weighted by atomic mass is 32.2. The lowest BCUT2D eigenvalue weighted by Crippen LogP contribution is -2.22. The monoisotopic (exact) mass is 327 g/mol. The highest BCUT2D eigenvalue weighted by molar-refractivity contribution is 7.94. The number of amides is 1. The molecular formula is C17H19N4OS+. The van der Waals surface area contributed by atoms with E-state index in [2.05, 4.69) is 32.7 Å². The van der Waals surface area contributed by atoms with Gasteiger partial charge in [-0.3, -0.25) is 4.79 Å². The number of hydrogen-bond acceptors (Lipinski definition) is 4. The Hall–Kier alpha value is -2.08. The van der Waals surface area contributed by atoms with Crippen LogP contribution in [0.25, 0.3) is 0 Å². The lowest BCUT2D eigenvalue weighted by Gasteiger charge is -2.23. The largest absolute Gasteiger partial charge is 0.318 e. The molecule has 1 fully saturated rings. The summed E-state index contributed by atoms with van der Waals surface area (Å²) in [5.74, 6) is 2.40. The number of nitrogens with one attached hydrogen (secondary N) is 1. The number of carbonyl (C=O) groups excluding carboxylic acids is 1. The molecule has 6 heteroatoms. The Morgan fingerprint density at radius 3 is 2.74 bits per heavy atom. The molecule has 0 saturated heterocycles. The van der Waals surface area contributed by atoms with Crippen molar-refractivity contribution in [2.75, 3.05) is 22.7 Å². The quantitative estimate of drug-likeness (QED) is 0.881. The first-order valence-corrected chi connectivity index (χ1v) is 9.94. The molecule has 118 valence electrons. The maximum absolute atomic E-state index is 12.7. The highest BCUT2D eigenvalue weighted by Crippen LogP contribution is 2.43. The molecule has 0 aromatic carbocycles. The Labute approximate surface area is 138 Å². The van der Waals surface area contributed by atoms with Gasteiger partial charge in [0, 0.05) is 24.0 Å². The second-order valence-corrected chi connectivity index (χ2v) is 8.49. The van der Waals surface area contributed by atoms with E-state index in [9.17, 15) is 4.79 Å². The molecule has 1 aliphatic heterocycles. The SMILES string of the molecule is C[S+](C)Cc1ccnc2c1NC(=O)c1cccnc1N2C1CC1.